The van der Waals surface area contributed by atoms with Crippen molar-refractivity contribution < 1.29 is 9.18 Å². The van der Waals surface area contributed by atoms with Crippen molar-refractivity contribution >= 4 is 11.6 Å². The van der Waals surface area contributed by atoms with Crippen LogP contribution < -0.4 is 5.32 Å². The Labute approximate surface area is 97.5 Å². The van der Waals surface area contributed by atoms with Crippen molar-refractivity contribution in [3.8, 4) is 0 Å². The second kappa shape index (κ2) is 5.16. The minimum absolute atomic E-state index is 0.133. The first-order chi connectivity index (χ1) is 8.25. The van der Waals surface area contributed by atoms with Crippen molar-refractivity contribution in [2.75, 3.05) is 5.32 Å². The molecule has 0 spiro atoms. The summed E-state index contributed by atoms with van der Waals surface area (Å²) in [7, 11) is 0. The summed E-state index contributed by atoms with van der Waals surface area (Å²) in [6.07, 6.45) is 5.87. The number of nitrogens with zero attached hydrogens (tertiary/aromatic N) is 2. The van der Waals surface area contributed by atoms with Gasteiger partial charge in [0.25, 0.3) is 0 Å². The number of hydrogen-bond acceptors (Lipinski definition) is 3. The number of hydrogen-bond donors (Lipinski definition) is 1. The molecule has 0 aliphatic heterocycles. The van der Waals surface area contributed by atoms with Crippen molar-refractivity contribution in [3.63, 3.8) is 0 Å². The lowest BCUT2D eigenvalue weighted by Gasteiger charge is -2.05. The lowest BCUT2D eigenvalue weighted by atomic mass is 10.2. The fraction of sp³-hybridized carbons (Fsp3) is 0.0833. The Balaban J connectivity index is 2.01. The van der Waals surface area contributed by atoms with Crippen LogP contribution in [0.15, 0.2) is 43.0 Å². The Morgan fingerprint density at radius 3 is 2.76 bits per heavy atom. The molecule has 0 bridgehead atoms. The predicted octanol–water partition coefficient (Wildman–Crippen LogP) is 1.80. The monoisotopic (exact) mass is 231 g/mol. The van der Waals surface area contributed by atoms with Crippen LogP contribution in [-0.2, 0) is 11.2 Å². The van der Waals surface area contributed by atoms with Crippen LogP contribution in [0.5, 0.6) is 0 Å². The van der Waals surface area contributed by atoms with Crippen molar-refractivity contribution in [2.24, 2.45) is 0 Å². The number of aromatic nitrogens is 2. The molecule has 5 heteroatoms. The molecule has 0 fully saturated rings. The topological polar surface area (TPSA) is 54.9 Å². The lowest BCUT2D eigenvalue weighted by molar-refractivity contribution is -0.115. The van der Waals surface area contributed by atoms with Crippen molar-refractivity contribution in [2.45, 2.75) is 6.42 Å². The number of nitrogens with one attached hydrogen (secondary N) is 1. The van der Waals surface area contributed by atoms with Crippen LogP contribution >= 0.6 is 0 Å². The Morgan fingerprint density at radius 1 is 1.24 bits per heavy atom. The van der Waals surface area contributed by atoms with Gasteiger partial charge in [-0.3, -0.25) is 14.8 Å². The van der Waals surface area contributed by atoms with Crippen molar-refractivity contribution in [1.29, 1.82) is 0 Å². The van der Waals surface area contributed by atoms with Gasteiger partial charge in [-0.1, -0.05) is 6.07 Å². The van der Waals surface area contributed by atoms with E-state index in [1.165, 1.54) is 12.3 Å². The number of carbonyl (C=O) groups is 1. The maximum atomic E-state index is 13.2. The first-order valence-corrected chi connectivity index (χ1v) is 5.04. The summed E-state index contributed by atoms with van der Waals surface area (Å²) in [4.78, 5) is 19.1. The van der Waals surface area contributed by atoms with Crippen LogP contribution in [0.3, 0.4) is 0 Å². The van der Waals surface area contributed by atoms with Gasteiger partial charge >= 0.3 is 0 Å². The van der Waals surface area contributed by atoms with Gasteiger partial charge in [-0.25, -0.2) is 4.39 Å². The second-order valence-electron chi connectivity index (χ2n) is 3.44. The van der Waals surface area contributed by atoms with Crippen LogP contribution in [0, 0.1) is 5.82 Å². The maximum absolute atomic E-state index is 13.2. The van der Waals surface area contributed by atoms with Gasteiger partial charge in [0.1, 0.15) is 0 Å². The average molecular weight is 231 g/mol. The molecule has 0 unspecified atom stereocenters. The number of halogens is 1. The minimum atomic E-state index is -0.549. The SMILES string of the molecule is O=C(Cc1cccnc1)Nc1ccncc1F. The molecule has 4 nitrogen and oxygen atoms in total. The van der Waals surface area contributed by atoms with E-state index in [0.717, 1.165) is 11.8 Å². The third kappa shape index (κ3) is 3.07. The molecule has 0 aliphatic carbocycles. The number of rotatable bonds is 3. The van der Waals surface area contributed by atoms with Crippen LogP contribution in [0.1, 0.15) is 5.56 Å². The fourth-order valence-electron chi connectivity index (χ4n) is 1.36. The van der Waals surface area contributed by atoms with E-state index < -0.39 is 5.82 Å². The normalized spacial score (nSPS) is 9.94. The van der Waals surface area contributed by atoms with Gasteiger partial charge in [0.15, 0.2) is 5.82 Å². The molecular formula is C12H10FN3O. The van der Waals surface area contributed by atoms with Gasteiger partial charge in [0.05, 0.1) is 18.3 Å². The molecule has 2 aromatic rings. The highest BCUT2D eigenvalue weighted by Gasteiger charge is 2.07. The van der Waals surface area contributed by atoms with E-state index in [9.17, 15) is 9.18 Å². The van der Waals surface area contributed by atoms with E-state index in [-0.39, 0.29) is 18.0 Å². The third-order valence-corrected chi connectivity index (χ3v) is 2.13. The van der Waals surface area contributed by atoms with E-state index in [1.807, 2.05) is 0 Å². The predicted molar refractivity (Wildman–Crippen MR) is 60.8 cm³/mol. The minimum Gasteiger partial charge on any atom is -0.323 e. The average Bonchev–Trinajstić information content (AvgIpc) is 2.33. The molecule has 0 aromatic carbocycles. The molecular weight excluding hydrogens is 221 g/mol. The molecule has 1 amide bonds. The quantitative estimate of drug-likeness (QED) is 0.876. The second-order valence-corrected chi connectivity index (χ2v) is 3.44. The molecule has 2 heterocycles. The lowest BCUT2D eigenvalue weighted by Crippen LogP contribution is -2.15. The highest BCUT2D eigenvalue weighted by molar-refractivity contribution is 5.92. The largest absolute Gasteiger partial charge is 0.323 e. The third-order valence-electron chi connectivity index (χ3n) is 2.13. The number of amides is 1. The number of carbonyl (C=O) groups excluding carboxylic acids is 1. The fourth-order valence-corrected chi connectivity index (χ4v) is 1.36. The smallest absolute Gasteiger partial charge is 0.228 e. The molecule has 2 aromatic heterocycles. The molecule has 0 atom stereocenters. The molecule has 2 rings (SSSR count). The van der Waals surface area contributed by atoms with E-state index in [2.05, 4.69) is 15.3 Å². The first-order valence-electron chi connectivity index (χ1n) is 5.04. The van der Waals surface area contributed by atoms with E-state index in [4.69, 9.17) is 0 Å². The Bertz CT molecular complexity index is 516. The van der Waals surface area contributed by atoms with Crippen molar-refractivity contribution in [1.82, 2.24) is 9.97 Å². The summed E-state index contributed by atoms with van der Waals surface area (Å²) in [6, 6.07) is 4.95. The molecule has 86 valence electrons. The van der Waals surface area contributed by atoms with E-state index in [0.29, 0.717) is 0 Å². The van der Waals surface area contributed by atoms with E-state index in [1.54, 1.807) is 24.5 Å². The summed E-state index contributed by atoms with van der Waals surface area (Å²) in [5.41, 5.74) is 0.911. The van der Waals surface area contributed by atoms with Gasteiger partial charge in [0.2, 0.25) is 5.91 Å². The van der Waals surface area contributed by atoms with Crippen LogP contribution in [-0.4, -0.2) is 15.9 Å². The van der Waals surface area contributed by atoms with Crippen molar-refractivity contribution in [3.05, 3.63) is 54.4 Å². The summed E-state index contributed by atoms with van der Waals surface area (Å²) in [5, 5.41) is 2.48. The molecule has 0 saturated heterocycles. The highest BCUT2D eigenvalue weighted by atomic mass is 19.1. The molecule has 1 N–H and O–H groups in total. The van der Waals surface area contributed by atoms with E-state index >= 15 is 0 Å². The molecule has 0 aliphatic rings. The zero-order chi connectivity index (χ0) is 12.1. The summed E-state index contributed by atoms with van der Waals surface area (Å²) < 4.78 is 13.2. The maximum Gasteiger partial charge on any atom is 0.228 e. The van der Waals surface area contributed by atoms with Gasteiger partial charge in [-0.05, 0) is 17.7 Å². The molecule has 17 heavy (non-hydrogen) atoms. The first kappa shape index (κ1) is 11.2. The summed E-state index contributed by atoms with van der Waals surface area (Å²) in [5.74, 6) is -0.838. The van der Waals surface area contributed by atoms with Crippen LogP contribution in [0.4, 0.5) is 10.1 Å². The van der Waals surface area contributed by atoms with Gasteiger partial charge in [-0.15, -0.1) is 0 Å². The van der Waals surface area contributed by atoms with Crippen LogP contribution in [0.2, 0.25) is 0 Å². The van der Waals surface area contributed by atoms with Gasteiger partial charge in [0, 0.05) is 18.6 Å². The Hall–Kier alpha value is -2.30. The molecule has 0 radical (unpaired) electrons. The standard InChI is InChI=1S/C12H10FN3O/c13-10-8-15-5-3-11(10)16-12(17)6-9-2-1-4-14-7-9/h1-5,7-8H,6H2,(H,15,16,17). The molecule has 0 saturated carbocycles. The van der Waals surface area contributed by atoms with Gasteiger partial charge in [-0.2, -0.15) is 0 Å². The zero-order valence-corrected chi connectivity index (χ0v) is 8.93. The number of pyridine rings is 2. The Morgan fingerprint density at radius 2 is 2.06 bits per heavy atom. The van der Waals surface area contributed by atoms with Gasteiger partial charge < -0.3 is 5.32 Å². The number of anilines is 1. The highest BCUT2D eigenvalue weighted by Crippen LogP contribution is 2.11. The summed E-state index contributed by atoms with van der Waals surface area (Å²) in [6.45, 7) is 0. The Kier molecular flexibility index (Phi) is 3.40. The van der Waals surface area contributed by atoms with Crippen LogP contribution in [0.25, 0.3) is 0 Å². The zero-order valence-electron chi connectivity index (χ0n) is 8.93. The summed E-state index contributed by atoms with van der Waals surface area (Å²) >= 11 is 0.